The topological polar surface area (TPSA) is 85.1 Å². The Morgan fingerprint density at radius 1 is 1.44 bits per heavy atom. The Kier molecular flexibility index (Phi) is 4.00. The molecule has 2 aromatic rings. The Hall–Kier alpha value is -0.960. The quantitative estimate of drug-likeness (QED) is 0.885. The number of nitrogens with zero attached hydrogens (tertiary/aromatic N) is 1. The molecule has 0 spiro atoms. The zero-order valence-electron chi connectivity index (χ0n) is 9.13. The Morgan fingerprint density at radius 3 is 2.83 bits per heavy atom. The highest BCUT2D eigenvalue weighted by molar-refractivity contribution is 9.10. The molecule has 18 heavy (non-hydrogen) atoms. The molecule has 0 atom stereocenters. The molecule has 0 aliphatic rings. The maximum absolute atomic E-state index is 12.0. The summed E-state index contributed by atoms with van der Waals surface area (Å²) in [5.74, 6) is 0. The first-order chi connectivity index (χ1) is 8.50. The highest BCUT2D eigenvalue weighted by Gasteiger charge is 2.18. The van der Waals surface area contributed by atoms with Crippen LogP contribution in [0.5, 0.6) is 0 Å². The van der Waals surface area contributed by atoms with Crippen molar-refractivity contribution in [2.75, 3.05) is 5.73 Å². The lowest BCUT2D eigenvalue weighted by atomic mass is 10.4. The van der Waals surface area contributed by atoms with Gasteiger partial charge in [0.15, 0.2) is 5.03 Å². The highest BCUT2D eigenvalue weighted by Crippen LogP contribution is 2.23. The van der Waals surface area contributed by atoms with Crippen LogP contribution in [0.15, 0.2) is 39.3 Å². The van der Waals surface area contributed by atoms with Crippen molar-refractivity contribution in [3.05, 3.63) is 39.1 Å². The van der Waals surface area contributed by atoms with Crippen LogP contribution in [-0.2, 0) is 16.6 Å². The maximum atomic E-state index is 12.0. The predicted octanol–water partition coefficient (Wildman–Crippen LogP) is 1.97. The van der Waals surface area contributed by atoms with Crippen molar-refractivity contribution in [3.63, 3.8) is 0 Å². The van der Waals surface area contributed by atoms with Crippen LogP contribution in [0.2, 0.25) is 0 Å². The maximum Gasteiger partial charge on any atom is 0.260 e. The summed E-state index contributed by atoms with van der Waals surface area (Å²) in [6, 6.07) is 4.95. The summed E-state index contributed by atoms with van der Waals surface area (Å²) in [7, 11) is -3.68. The molecule has 0 aromatic carbocycles. The fraction of sp³-hybridized carbons (Fsp3) is 0.100. The molecule has 8 heteroatoms. The molecule has 2 rings (SSSR count). The summed E-state index contributed by atoms with van der Waals surface area (Å²) >= 11 is 4.80. The molecule has 3 N–H and O–H groups in total. The molecular formula is C10H10BrN3O2S2. The van der Waals surface area contributed by atoms with Crippen molar-refractivity contribution in [2.24, 2.45) is 0 Å². The number of anilines is 1. The van der Waals surface area contributed by atoms with E-state index in [0.717, 1.165) is 9.35 Å². The molecule has 2 aromatic heterocycles. The van der Waals surface area contributed by atoms with Gasteiger partial charge in [0, 0.05) is 22.1 Å². The molecule has 0 saturated carbocycles. The fourth-order valence-electron chi connectivity index (χ4n) is 1.31. The van der Waals surface area contributed by atoms with Gasteiger partial charge in [-0.05, 0) is 39.5 Å². The van der Waals surface area contributed by atoms with Gasteiger partial charge < -0.3 is 5.73 Å². The number of nitrogens with two attached hydrogens (primary N) is 1. The van der Waals surface area contributed by atoms with E-state index in [9.17, 15) is 8.42 Å². The van der Waals surface area contributed by atoms with Crippen molar-refractivity contribution < 1.29 is 8.42 Å². The van der Waals surface area contributed by atoms with Crippen molar-refractivity contribution in [3.8, 4) is 0 Å². The lowest BCUT2D eigenvalue weighted by Gasteiger charge is -2.07. The summed E-state index contributed by atoms with van der Waals surface area (Å²) < 4.78 is 27.3. The summed E-state index contributed by atoms with van der Waals surface area (Å²) in [5, 5.41) is 1.74. The number of aromatic nitrogens is 1. The number of hydrogen-bond acceptors (Lipinski definition) is 5. The molecule has 0 aliphatic heterocycles. The molecule has 5 nitrogen and oxygen atoms in total. The third-order valence-corrected chi connectivity index (χ3v) is 5.47. The van der Waals surface area contributed by atoms with Gasteiger partial charge >= 0.3 is 0 Å². The zero-order chi connectivity index (χ0) is 13.2. The van der Waals surface area contributed by atoms with Gasteiger partial charge in [0.05, 0.1) is 5.69 Å². The lowest BCUT2D eigenvalue weighted by molar-refractivity contribution is 0.578. The minimum Gasteiger partial charge on any atom is -0.396 e. The Labute approximate surface area is 117 Å². The Balaban J connectivity index is 2.19. The van der Waals surface area contributed by atoms with Gasteiger partial charge in [-0.25, -0.2) is 18.1 Å². The normalized spacial score (nSPS) is 11.6. The summed E-state index contributed by atoms with van der Waals surface area (Å²) in [4.78, 5) is 4.68. The molecule has 0 amide bonds. The van der Waals surface area contributed by atoms with Crippen molar-refractivity contribution in [1.29, 1.82) is 0 Å². The number of thiophene rings is 1. The second-order valence-corrected chi connectivity index (χ2v) is 6.95. The van der Waals surface area contributed by atoms with Gasteiger partial charge in [-0.3, -0.25) is 0 Å². The van der Waals surface area contributed by atoms with Gasteiger partial charge in [-0.1, -0.05) is 0 Å². The molecule has 0 unspecified atom stereocenters. The molecule has 2 heterocycles. The highest BCUT2D eigenvalue weighted by atomic mass is 79.9. The van der Waals surface area contributed by atoms with Crippen LogP contribution >= 0.6 is 27.3 Å². The van der Waals surface area contributed by atoms with E-state index in [2.05, 4.69) is 25.6 Å². The molecule has 96 valence electrons. The van der Waals surface area contributed by atoms with Crippen molar-refractivity contribution in [2.45, 2.75) is 11.6 Å². The standard InChI is InChI=1S/C10H10BrN3O2S2/c11-7-3-5-17-9(7)6-14-18(15,16)10-8(12)2-1-4-13-10/h1-5,14H,6,12H2. The fourth-order valence-corrected chi connectivity index (χ4v) is 3.88. The first kappa shape index (κ1) is 13.5. The van der Waals surface area contributed by atoms with E-state index in [-0.39, 0.29) is 17.3 Å². The largest absolute Gasteiger partial charge is 0.396 e. The molecule has 0 fully saturated rings. The number of sulfonamides is 1. The minimum atomic E-state index is -3.68. The van der Waals surface area contributed by atoms with Gasteiger partial charge in [0.25, 0.3) is 10.0 Å². The lowest BCUT2D eigenvalue weighted by Crippen LogP contribution is -2.24. The summed E-state index contributed by atoms with van der Waals surface area (Å²) in [6.07, 6.45) is 1.39. The molecule has 0 aliphatic carbocycles. The van der Waals surface area contributed by atoms with Crippen LogP contribution in [0.3, 0.4) is 0 Å². The van der Waals surface area contributed by atoms with Crippen molar-refractivity contribution >= 4 is 43.0 Å². The van der Waals surface area contributed by atoms with Crippen LogP contribution in [-0.4, -0.2) is 13.4 Å². The van der Waals surface area contributed by atoms with Gasteiger partial charge in [0.1, 0.15) is 0 Å². The summed E-state index contributed by atoms with van der Waals surface area (Å²) in [6.45, 7) is 0.205. The average Bonchev–Trinajstić information content (AvgIpc) is 2.73. The number of nitrogens with one attached hydrogen (secondary N) is 1. The smallest absolute Gasteiger partial charge is 0.260 e. The second kappa shape index (κ2) is 5.35. The van der Waals surface area contributed by atoms with Crippen LogP contribution in [0.4, 0.5) is 5.69 Å². The van der Waals surface area contributed by atoms with Gasteiger partial charge in [-0.15, -0.1) is 11.3 Å². The predicted molar refractivity (Wildman–Crippen MR) is 74.7 cm³/mol. The third-order valence-electron chi connectivity index (χ3n) is 2.17. The van der Waals surface area contributed by atoms with E-state index in [1.54, 1.807) is 6.07 Å². The SMILES string of the molecule is Nc1cccnc1S(=O)(=O)NCc1sccc1Br. The van der Waals surface area contributed by atoms with E-state index >= 15 is 0 Å². The minimum absolute atomic E-state index is 0.134. The van der Waals surface area contributed by atoms with Crippen molar-refractivity contribution in [1.82, 2.24) is 9.71 Å². The van der Waals surface area contributed by atoms with E-state index in [4.69, 9.17) is 5.73 Å². The zero-order valence-corrected chi connectivity index (χ0v) is 12.3. The number of hydrogen-bond donors (Lipinski definition) is 2. The van der Waals surface area contributed by atoms with Crippen LogP contribution < -0.4 is 10.5 Å². The molecular weight excluding hydrogens is 338 g/mol. The second-order valence-electron chi connectivity index (χ2n) is 3.41. The molecule has 0 bridgehead atoms. The van der Waals surface area contributed by atoms with Gasteiger partial charge in [0.2, 0.25) is 0 Å². The Bertz CT molecular complexity index is 655. The first-order valence-electron chi connectivity index (χ1n) is 4.93. The average molecular weight is 348 g/mol. The monoisotopic (exact) mass is 347 g/mol. The molecule has 0 saturated heterocycles. The van der Waals surface area contributed by atoms with E-state index in [1.807, 2.05) is 11.4 Å². The number of pyridine rings is 1. The Morgan fingerprint density at radius 2 is 2.22 bits per heavy atom. The number of rotatable bonds is 4. The van der Waals surface area contributed by atoms with Gasteiger partial charge in [-0.2, -0.15) is 0 Å². The van der Waals surface area contributed by atoms with Crippen LogP contribution in [0.25, 0.3) is 0 Å². The van der Waals surface area contributed by atoms with Crippen LogP contribution in [0.1, 0.15) is 4.88 Å². The molecule has 0 radical (unpaired) electrons. The first-order valence-corrected chi connectivity index (χ1v) is 8.08. The van der Waals surface area contributed by atoms with E-state index in [1.165, 1.54) is 23.6 Å². The van der Waals surface area contributed by atoms with E-state index in [0.29, 0.717) is 0 Å². The third kappa shape index (κ3) is 2.89. The number of nitrogen functional groups attached to an aromatic ring is 1. The number of halogens is 1. The van der Waals surface area contributed by atoms with E-state index < -0.39 is 10.0 Å². The van der Waals surface area contributed by atoms with Crippen LogP contribution in [0, 0.1) is 0 Å². The summed E-state index contributed by atoms with van der Waals surface area (Å²) in [5.41, 5.74) is 5.73.